The lowest BCUT2D eigenvalue weighted by Crippen LogP contribution is -2.24. The molecule has 0 bridgehead atoms. The van der Waals surface area contributed by atoms with Crippen LogP contribution in [0.25, 0.3) is 6.08 Å². The van der Waals surface area contributed by atoms with Gasteiger partial charge in [-0.1, -0.05) is 0 Å². The Kier molecular flexibility index (Phi) is 1.45. The van der Waals surface area contributed by atoms with Crippen LogP contribution in [-0.2, 0) is 4.79 Å². The molecule has 0 spiro atoms. The molecule has 0 fully saturated rings. The molecule has 0 radical (unpaired) electrons. The van der Waals surface area contributed by atoms with Crippen LogP contribution in [0.1, 0.15) is 16.1 Å². The number of H-pyrrole nitrogens is 1. The predicted molar refractivity (Wildman–Crippen MR) is 43.2 cm³/mol. The Morgan fingerprint density at radius 2 is 1.92 bits per heavy atom. The van der Waals surface area contributed by atoms with Crippen molar-refractivity contribution in [1.82, 2.24) is 9.97 Å². The number of fused-ring (bicyclic) bond motifs is 1. The van der Waals surface area contributed by atoms with E-state index in [1.165, 1.54) is 6.08 Å². The third-order valence-electron chi connectivity index (χ3n) is 1.73. The van der Waals surface area contributed by atoms with E-state index in [0.717, 1.165) is 12.4 Å². The number of ketones is 2. The molecule has 0 aromatic carbocycles. The maximum absolute atomic E-state index is 11.2. The van der Waals surface area contributed by atoms with Crippen molar-refractivity contribution in [3.63, 3.8) is 0 Å². The van der Waals surface area contributed by atoms with Gasteiger partial charge in [-0.25, -0.2) is 4.98 Å². The van der Waals surface area contributed by atoms with E-state index in [-0.39, 0.29) is 11.3 Å². The smallest absolute Gasteiger partial charge is 0.258 e. The molecule has 0 saturated heterocycles. The average Bonchev–Trinajstić information content (AvgIpc) is 2.12. The van der Waals surface area contributed by atoms with Crippen molar-refractivity contribution in [3.05, 3.63) is 34.0 Å². The molecule has 13 heavy (non-hydrogen) atoms. The molecule has 1 heterocycles. The predicted octanol–water partition coefficient (Wildman–Crippen LogP) is -0.452. The van der Waals surface area contributed by atoms with E-state index in [0.29, 0.717) is 0 Å². The monoisotopic (exact) mass is 176 g/mol. The summed E-state index contributed by atoms with van der Waals surface area (Å²) in [5, 5.41) is 0. The van der Waals surface area contributed by atoms with Crippen molar-refractivity contribution in [1.29, 1.82) is 0 Å². The highest BCUT2D eigenvalue weighted by Gasteiger charge is 2.23. The van der Waals surface area contributed by atoms with Crippen LogP contribution in [0, 0.1) is 0 Å². The molecule has 5 nitrogen and oxygen atoms in total. The molecular formula is C8H4N2O3. The highest BCUT2D eigenvalue weighted by Crippen LogP contribution is 2.09. The summed E-state index contributed by atoms with van der Waals surface area (Å²) in [6.07, 6.45) is 3.47. The number of rotatable bonds is 0. The van der Waals surface area contributed by atoms with Gasteiger partial charge in [-0.2, -0.15) is 0 Å². The van der Waals surface area contributed by atoms with Crippen LogP contribution in [0.4, 0.5) is 0 Å². The maximum atomic E-state index is 11.2. The zero-order valence-electron chi connectivity index (χ0n) is 6.40. The van der Waals surface area contributed by atoms with Crippen LogP contribution in [-0.4, -0.2) is 21.5 Å². The summed E-state index contributed by atoms with van der Waals surface area (Å²) in [5.74, 6) is -1.38. The Labute approximate surface area is 72.1 Å². The normalized spacial score (nSPS) is 14.5. The molecular weight excluding hydrogens is 172 g/mol. The zero-order valence-corrected chi connectivity index (χ0v) is 6.40. The molecule has 1 aromatic heterocycles. The fraction of sp³-hybridized carbons (Fsp3) is 0. The minimum atomic E-state index is -0.733. The second kappa shape index (κ2) is 2.48. The van der Waals surface area contributed by atoms with Crippen LogP contribution in [0.3, 0.4) is 0 Å². The van der Waals surface area contributed by atoms with E-state index in [2.05, 4.69) is 9.97 Å². The van der Waals surface area contributed by atoms with Gasteiger partial charge in [0.15, 0.2) is 0 Å². The summed E-state index contributed by atoms with van der Waals surface area (Å²) in [6, 6.07) is 0. The first kappa shape index (κ1) is 7.60. The van der Waals surface area contributed by atoms with Crippen molar-refractivity contribution in [2.45, 2.75) is 0 Å². The Bertz CT molecular complexity index is 484. The molecule has 1 aromatic rings. The molecule has 0 atom stereocenters. The highest BCUT2D eigenvalue weighted by atomic mass is 16.2. The summed E-state index contributed by atoms with van der Waals surface area (Å²) in [4.78, 5) is 39.1. The van der Waals surface area contributed by atoms with E-state index in [9.17, 15) is 14.4 Å². The fourth-order valence-electron chi connectivity index (χ4n) is 1.10. The van der Waals surface area contributed by atoms with Gasteiger partial charge in [-0.05, 0) is 12.2 Å². The lowest BCUT2D eigenvalue weighted by Gasteiger charge is -2.03. The van der Waals surface area contributed by atoms with E-state index < -0.39 is 17.1 Å². The van der Waals surface area contributed by atoms with Crippen molar-refractivity contribution < 1.29 is 9.59 Å². The number of aromatic amines is 1. The first-order valence-electron chi connectivity index (χ1n) is 3.54. The number of Topliss-reactive ketones (excluding diaryl/α,β-unsaturated/α-hetero) is 1. The average molecular weight is 176 g/mol. The summed E-state index contributed by atoms with van der Waals surface area (Å²) in [6.45, 7) is 0. The molecule has 64 valence electrons. The number of carbonyl (C=O) groups excluding carboxylic acids is 2. The van der Waals surface area contributed by atoms with Crippen LogP contribution in [0.5, 0.6) is 0 Å². The van der Waals surface area contributed by atoms with Gasteiger partial charge in [0, 0.05) is 0 Å². The van der Waals surface area contributed by atoms with Crippen LogP contribution in [0.2, 0.25) is 0 Å². The molecule has 1 aliphatic rings. The number of nitrogens with one attached hydrogen (secondary N) is 1. The number of carbonyl (C=O) groups is 2. The van der Waals surface area contributed by atoms with Crippen LogP contribution >= 0.6 is 0 Å². The maximum Gasteiger partial charge on any atom is 0.258 e. The lowest BCUT2D eigenvalue weighted by atomic mass is 10.0. The molecule has 2 rings (SSSR count). The van der Waals surface area contributed by atoms with Gasteiger partial charge >= 0.3 is 0 Å². The minimum Gasteiger partial charge on any atom is -0.313 e. The quantitative estimate of drug-likeness (QED) is 0.543. The Morgan fingerprint density at radius 3 is 2.69 bits per heavy atom. The summed E-state index contributed by atoms with van der Waals surface area (Å²) >= 11 is 0. The third-order valence-corrected chi connectivity index (χ3v) is 1.73. The van der Waals surface area contributed by atoms with Crippen molar-refractivity contribution in [2.24, 2.45) is 0 Å². The minimum absolute atomic E-state index is 0.0729. The number of nitrogens with zero attached hydrogens (tertiary/aromatic N) is 1. The third kappa shape index (κ3) is 1.01. The van der Waals surface area contributed by atoms with Crippen molar-refractivity contribution in [3.8, 4) is 0 Å². The number of hydrogen-bond donors (Lipinski definition) is 1. The number of hydrogen-bond acceptors (Lipinski definition) is 4. The molecule has 5 heteroatoms. The van der Waals surface area contributed by atoms with E-state index in [1.807, 2.05) is 0 Å². The summed E-state index contributed by atoms with van der Waals surface area (Å²) < 4.78 is 0. The van der Waals surface area contributed by atoms with E-state index >= 15 is 0 Å². The first-order valence-corrected chi connectivity index (χ1v) is 3.54. The zero-order chi connectivity index (χ0) is 9.42. The highest BCUT2D eigenvalue weighted by molar-refractivity contribution is 6.49. The Morgan fingerprint density at radius 1 is 1.15 bits per heavy atom. The van der Waals surface area contributed by atoms with Gasteiger partial charge in [0.2, 0.25) is 5.78 Å². The fourth-order valence-corrected chi connectivity index (χ4v) is 1.10. The Balaban J connectivity index is 2.79. The van der Waals surface area contributed by atoms with Crippen LogP contribution < -0.4 is 5.56 Å². The Hall–Kier alpha value is -2.04. The topological polar surface area (TPSA) is 79.9 Å². The number of aromatic nitrogens is 2. The molecule has 1 aliphatic carbocycles. The number of allylic oxidation sites excluding steroid dienone is 1. The van der Waals surface area contributed by atoms with Crippen molar-refractivity contribution >= 4 is 17.6 Å². The lowest BCUT2D eigenvalue weighted by molar-refractivity contribution is -0.111. The summed E-state index contributed by atoms with van der Waals surface area (Å²) in [5.41, 5.74) is -0.342. The molecule has 0 unspecified atom stereocenters. The summed E-state index contributed by atoms with van der Waals surface area (Å²) in [7, 11) is 0. The first-order chi connectivity index (χ1) is 6.20. The standard InChI is InChI=1S/C8H4N2O3/c11-5-2-1-4-6(7(5)12)9-3-10-8(4)13/h1-3H,(H,9,10,13). The van der Waals surface area contributed by atoms with Gasteiger partial charge in [-0.3, -0.25) is 14.4 Å². The molecule has 0 aliphatic heterocycles. The van der Waals surface area contributed by atoms with E-state index in [4.69, 9.17) is 0 Å². The molecule has 1 N–H and O–H groups in total. The van der Waals surface area contributed by atoms with Gasteiger partial charge in [0.1, 0.15) is 5.69 Å². The van der Waals surface area contributed by atoms with Gasteiger partial charge in [0.25, 0.3) is 11.3 Å². The SMILES string of the molecule is O=C1C=Cc2c(nc[nH]c2=O)C1=O. The van der Waals surface area contributed by atoms with Crippen molar-refractivity contribution in [2.75, 3.05) is 0 Å². The molecule has 0 amide bonds. The van der Waals surface area contributed by atoms with Crippen LogP contribution in [0.15, 0.2) is 17.2 Å². The second-order valence-electron chi connectivity index (χ2n) is 2.52. The van der Waals surface area contributed by atoms with E-state index in [1.54, 1.807) is 0 Å². The van der Waals surface area contributed by atoms with Gasteiger partial charge in [0.05, 0.1) is 11.9 Å². The second-order valence-corrected chi connectivity index (χ2v) is 2.52. The largest absolute Gasteiger partial charge is 0.313 e. The van der Waals surface area contributed by atoms with Gasteiger partial charge in [-0.15, -0.1) is 0 Å². The van der Waals surface area contributed by atoms with Gasteiger partial charge < -0.3 is 4.98 Å². The molecule has 0 saturated carbocycles.